The van der Waals surface area contributed by atoms with Crippen molar-refractivity contribution in [3.05, 3.63) is 72.9 Å². The second-order valence-corrected chi connectivity index (χ2v) is 17.4. The SMILES string of the molecule is CCCCC/C=C\C/C=C\C/C=C\CCCCCCCCC(=O)OC(COC(=O)CCCCCCC)COC(=O)CCCCCCCC/C=C\C/C=C\C/C=C\CCCCCCC. The van der Waals surface area contributed by atoms with Gasteiger partial charge >= 0.3 is 17.9 Å². The molecule has 0 rings (SSSR count). The van der Waals surface area contributed by atoms with Gasteiger partial charge in [0, 0.05) is 19.3 Å². The van der Waals surface area contributed by atoms with Gasteiger partial charge in [0.2, 0.25) is 0 Å². The Balaban J connectivity index is 4.21. The Labute approximate surface area is 389 Å². The average molecular weight is 879 g/mol. The third-order valence-electron chi connectivity index (χ3n) is 11.2. The number of ether oxygens (including phenoxy) is 3. The monoisotopic (exact) mass is 879 g/mol. The zero-order valence-corrected chi connectivity index (χ0v) is 41.3. The van der Waals surface area contributed by atoms with Gasteiger partial charge < -0.3 is 14.2 Å². The van der Waals surface area contributed by atoms with Gasteiger partial charge in [-0.05, 0) is 96.3 Å². The van der Waals surface area contributed by atoms with Crippen LogP contribution >= 0.6 is 0 Å². The smallest absolute Gasteiger partial charge is 0.306 e. The molecule has 0 heterocycles. The van der Waals surface area contributed by atoms with E-state index in [-0.39, 0.29) is 31.1 Å². The molecule has 0 aliphatic rings. The summed E-state index contributed by atoms with van der Waals surface area (Å²) in [7, 11) is 0. The van der Waals surface area contributed by atoms with Gasteiger partial charge in [0.15, 0.2) is 6.10 Å². The Morgan fingerprint density at radius 3 is 0.921 bits per heavy atom. The highest BCUT2D eigenvalue weighted by Crippen LogP contribution is 2.13. The van der Waals surface area contributed by atoms with Crippen molar-refractivity contribution in [2.24, 2.45) is 0 Å². The van der Waals surface area contributed by atoms with Gasteiger partial charge in [-0.25, -0.2) is 0 Å². The van der Waals surface area contributed by atoms with Crippen molar-refractivity contribution in [1.82, 2.24) is 0 Å². The van der Waals surface area contributed by atoms with E-state index in [4.69, 9.17) is 14.2 Å². The lowest BCUT2D eigenvalue weighted by Crippen LogP contribution is -2.30. The first-order chi connectivity index (χ1) is 31.0. The summed E-state index contributed by atoms with van der Waals surface area (Å²) in [6.45, 7) is 6.49. The van der Waals surface area contributed by atoms with Crippen molar-refractivity contribution in [3.63, 3.8) is 0 Å². The Kier molecular flexibility index (Phi) is 48.9. The number of allylic oxidation sites excluding steroid dienone is 12. The van der Waals surface area contributed by atoms with Crippen molar-refractivity contribution in [3.8, 4) is 0 Å². The van der Waals surface area contributed by atoms with Crippen LogP contribution in [0.5, 0.6) is 0 Å². The van der Waals surface area contributed by atoms with Crippen LogP contribution in [0.25, 0.3) is 0 Å². The third-order valence-corrected chi connectivity index (χ3v) is 11.2. The minimum atomic E-state index is -0.784. The van der Waals surface area contributed by atoms with E-state index < -0.39 is 6.10 Å². The first-order valence-corrected chi connectivity index (χ1v) is 26.4. The minimum Gasteiger partial charge on any atom is -0.462 e. The third kappa shape index (κ3) is 49.7. The van der Waals surface area contributed by atoms with E-state index in [9.17, 15) is 14.4 Å². The number of hydrogen-bond donors (Lipinski definition) is 0. The zero-order chi connectivity index (χ0) is 45.8. The standard InChI is InChI=1S/C57H98O6/c1-4-7-10-13-15-17-19-21-23-25-27-28-30-31-33-35-37-39-41-44-47-50-56(59)62-53-54(52-61-55(58)49-46-43-12-9-6-3)63-57(60)51-48-45-42-40-38-36-34-32-29-26-24-22-20-18-16-14-11-8-5-2/h16,18-19,21-22,24-25,27,29-32,54H,4-15,17,20,23,26,28,33-53H2,1-3H3/b18-16-,21-19-,24-22-,27-25-,31-30-,32-29-. The lowest BCUT2D eigenvalue weighted by atomic mass is 10.1. The summed E-state index contributed by atoms with van der Waals surface area (Å²) in [6, 6.07) is 0. The minimum absolute atomic E-state index is 0.0864. The lowest BCUT2D eigenvalue weighted by Gasteiger charge is -2.18. The largest absolute Gasteiger partial charge is 0.462 e. The summed E-state index contributed by atoms with van der Waals surface area (Å²) >= 11 is 0. The predicted octanol–water partition coefficient (Wildman–Crippen LogP) is 17.4. The summed E-state index contributed by atoms with van der Waals surface area (Å²) in [6.07, 6.45) is 64.9. The number of hydrogen-bond acceptors (Lipinski definition) is 6. The van der Waals surface area contributed by atoms with Crippen molar-refractivity contribution >= 4 is 17.9 Å². The molecule has 0 aromatic carbocycles. The summed E-state index contributed by atoms with van der Waals surface area (Å²) in [5, 5.41) is 0. The van der Waals surface area contributed by atoms with Crippen LogP contribution in [0.1, 0.15) is 252 Å². The Morgan fingerprint density at radius 1 is 0.317 bits per heavy atom. The van der Waals surface area contributed by atoms with Crippen LogP contribution in [-0.2, 0) is 28.6 Å². The topological polar surface area (TPSA) is 78.9 Å². The van der Waals surface area contributed by atoms with Gasteiger partial charge in [0.1, 0.15) is 13.2 Å². The van der Waals surface area contributed by atoms with Gasteiger partial charge in [0.05, 0.1) is 0 Å². The molecule has 0 amide bonds. The quantitative estimate of drug-likeness (QED) is 0.0262. The predicted molar refractivity (Wildman–Crippen MR) is 270 cm³/mol. The van der Waals surface area contributed by atoms with Crippen LogP contribution in [0.4, 0.5) is 0 Å². The first-order valence-electron chi connectivity index (χ1n) is 26.4. The van der Waals surface area contributed by atoms with Gasteiger partial charge in [-0.15, -0.1) is 0 Å². The molecule has 63 heavy (non-hydrogen) atoms. The molecule has 0 fully saturated rings. The second-order valence-electron chi connectivity index (χ2n) is 17.4. The molecule has 0 aliphatic carbocycles. The molecule has 0 N–H and O–H groups in total. The van der Waals surface area contributed by atoms with E-state index in [1.165, 1.54) is 103 Å². The Hall–Kier alpha value is -3.15. The summed E-state index contributed by atoms with van der Waals surface area (Å²) in [4.78, 5) is 37.7. The highest BCUT2D eigenvalue weighted by atomic mass is 16.6. The molecule has 0 saturated carbocycles. The number of unbranched alkanes of at least 4 members (excludes halogenated alkanes) is 24. The molecule has 0 aromatic heterocycles. The fraction of sp³-hybridized carbons (Fsp3) is 0.737. The van der Waals surface area contributed by atoms with E-state index in [1.807, 2.05) is 0 Å². The summed E-state index contributed by atoms with van der Waals surface area (Å²) in [5.41, 5.74) is 0. The van der Waals surface area contributed by atoms with Gasteiger partial charge in [-0.2, -0.15) is 0 Å². The number of carbonyl (C=O) groups is 3. The van der Waals surface area contributed by atoms with Gasteiger partial charge in [-0.3, -0.25) is 14.4 Å². The van der Waals surface area contributed by atoms with Crippen molar-refractivity contribution in [2.75, 3.05) is 13.2 Å². The maximum atomic E-state index is 12.7. The molecule has 1 atom stereocenters. The highest BCUT2D eigenvalue weighted by molar-refractivity contribution is 5.71. The second kappa shape index (κ2) is 51.5. The number of esters is 3. The molecule has 0 aromatic rings. The molecule has 0 radical (unpaired) electrons. The average Bonchev–Trinajstić information content (AvgIpc) is 3.28. The van der Waals surface area contributed by atoms with E-state index >= 15 is 0 Å². The number of rotatable bonds is 47. The van der Waals surface area contributed by atoms with Crippen LogP contribution in [-0.4, -0.2) is 37.2 Å². The van der Waals surface area contributed by atoms with E-state index in [2.05, 4.69) is 93.7 Å². The number of carbonyl (C=O) groups excluding carboxylic acids is 3. The fourth-order valence-corrected chi connectivity index (χ4v) is 7.16. The van der Waals surface area contributed by atoms with E-state index in [1.54, 1.807) is 0 Å². The molecular formula is C57H98O6. The molecule has 362 valence electrons. The highest BCUT2D eigenvalue weighted by Gasteiger charge is 2.19. The van der Waals surface area contributed by atoms with Crippen molar-refractivity contribution in [1.29, 1.82) is 0 Å². The molecular weight excluding hydrogens is 781 g/mol. The van der Waals surface area contributed by atoms with Crippen LogP contribution < -0.4 is 0 Å². The lowest BCUT2D eigenvalue weighted by molar-refractivity contribution is -0.167. The summed E-state index contributed by atoms with van der Waals surface area (Å²) < 4.78 is 16.7. The molecule has 0 aliphatic heterocycles. The van der Waals surface area contributed by atoms with Gasteiger partial charge in [0.25, 0.3) is 0 Å². The molecule has 6 heteroatoms. The fourth-order valence-electron chi connectivity index (χ4n) is 7.16. The van der Waals surface area contributed by atoms with Crippen LogP contribution in [0.2, 0.25) is 0 Å². The Bertz CT molecular complexity index is 1190. The normalized spacial score (nSPS) is 12.6. The maximum Gasteiger partial charge on any atom is 0.306 e. The molecule has 0 bridgehead atoms. The zero-order valence-electron chi connectivity index (χ0n) is 41.3. The van der Waals surface area contributed by atoms with Crippen LogP contribution in [0.15, 0.2) is 72.9 Å². The molecule has 1 unspecified atom stereocenters. The van der Waals surface area contributed by atoms with E-state index in [0.717, 1.165) is 109 Å². The molecule has 0 saturated heterocycles. The summed E-state index contributed by atoms with van der Waals surface area (Å²) in [5.74, 6) is -0.924. The van der Waals surface area contributed by atoms with Crippen molar-refractivity contribution in [2.45, 2.75) is 258 Å². The molecule has 0 spiro atoms. The Morgan fingerprint density at radius 2 is 0.571 bits per heavy atom. The van der Waals surface area contributed by atoms with Crippen LogP contribution in [0, 0.1) is 0 Å². The first kappa shape index (κ1) is 59.9. The maximum absolute atomic E-state index is 12.7. The van der Waals surface area contributed by atoms with Gasteiger partial charge in [-0.1, -0.05) is 209 Å². The van der Waals surface area contributed by atoms with Crippen LogP contribution in [0.3, 0.4) is 0 Å². The van der Waals surface area contributed by atoms with Crippen molar-refractivity contribution < 1.29 is 28.6 Å². The van der Waals surface area contributed by atoms with E-state index in [0.29, 0.717) is 19.3 Å². The molecule has 6 nitrogen and oxygen atoms in total.